The molecule has 2 heterocycles. The molecule has 1 amide bonds. The fourth-order valence-corrected chi connectivity index (χ4v) is 4.21. The quantitative estimate of drug-likeness (QED) is 0.605. The molecule has 1 aliphatic heterocycles. The summed E-state index contributed by atoms with van der Waals surface area (Å²) in [6.45, 7) is 2.86. The fourth-order valence-electron chi connectivity index (χ4n) is 3.51. The van der Waals surface area contributed by atoms with Crippen molar-refractivity contribution in [2.45, 2.75) is 32.1 Å². The van der Waals surface area contributed by atoms with Gasteiger partial charge in [-0.25, -0.2) is 0 Å². The zero-order valence-electron chi connectivity index (χ0n) is 16.9. The van der Waals surface area contributed by atoms with Gasteiger partial charge in [-0.3, -0.25) is 14.4 Å². The van der Waals surface area contributed by atoms with Crippen LogP contribution in [0.3, 0.4) is 0 Å². The van der Waals surface area contributed by atoms with E-state index in [-0.39, 0.29) is 43.2 Å². The number of nitriles is 1. The lowest BCUT2D eigenvalue weighted by molar-refractivity contribution is -0.133. The standard InChI is InChI=1S/C23H25N3O3S/c24-17-18-4-6-19(7-5-18)25-12-2-13-26(15-14-25)23(29)11-9-20(27)8-10-21(28)22-3-1-16-30-22/h1,3-7,16H,2,8-15H2. The van der Waals surface area contributed by atoms with E-state index in [0.29, 0.717) is 23.5 Å². The van der Waals surface area contributed by atoms with Crippen LogP contribution in [0.5, 0.6) is 0 Å². The first-order valence-corrected chi connectivity index (χ1v) is 11.1. The molecular weight excluding hydrogens is 398 g/mol. The normalized spacial score (nSPS) is 14.1. The molecule has 1 aliphatic rings. The Kier molecular flexibility index (Phi) is 7.75. The van der Waals surface area contributed by atoms with Crippen LogP contribution in [0.25, 0.3) is 0 Å². The summed E-state index contributed by atoms with van der Waals surface area (Å²) >= 11 is 1.38. The molecule has 6 nitrogen and oxygen atoms in total. The van der Waals surface area contributed by atoms with Gasteiger partial charge in [0.15, 0.2) is 5.78 Å². The number of rotatable bonds is 8. The van der Waals surface area contributed by atoms with Crippen LogP contribution >= 0.6 is 11.3 Å². The van der Waals surface area contributed by atoms with Crippen LogP contribution < -0.4 is 4.90 Å². The molecule has 0 saturated carbocycles. The first-order valence-electron chi connectivity index (χ1n) is 10.2. The average Bonchev–Trinajstić information content (AvgIpc) is 3.20. The number of amides is 1. The fraction of sp³-hybridized carbons (Fsp3) is 0.391. The molecule has 0 unspecified atom stereocenters. The molecule has 0 aliphatic carbocycles. The lowest BCUT2D eigenvalue weighted by Crippen LogP contribution is -2.35. The van der Waals surface area contributed by atoms with Crippen molar-refractivity contribution in [3.63, 3.8) is 0 Å². The van der Waals surface area contributed by atoms with Gasteiger partial charge in [0.05, 0.1) is 16.5 Å². The van der Waals surface area contributed by atoms with Gasteiger partial charge in [-0.15, -0.1) is 11.3 Å². The summed E-state index contributed by atoms with van der Waals surface area (Å²) < 4.78 is 0. The third kappa shape index (κ3) is 6.01. The van der Waals surface area contributed by atoms with Gasteiger partial charge in [0, 0.05) is 57.5 Å². The van der Waals surface area contributed by atoms with E-state index in [2.05, 4.69) is 11.0 Å². The summed E-state index contributed by atoms with van der Waals surface area (Å²) in [6, 6.07) is 13.2. The van der Waals surface area contributed by atoms with Gasteiger partial charge >= 0.3 is 0 Å². The second-order valence-electron chi connectivity index (χ2n) is 7.32. The number of anilines is 1. The van der Waals surface area contributed by atoms with Crippen molar-refractivity contribution in [2.75, 3.05) is 31.1 Å². The number of carbonyl (C=O) groups excluding carboxylic acids is 3. The van der Waals surface area contributed by atoms with E-state index in [1.165, 1.54) is 11.3 Å². The number of thiophene rings is 1. The molecule has 0 spiro atoms. The Hall–Kier alpha value is -2.98. The highest BCUT2D eigenvalue weighted by molar-refractivity contribution is 7.12. The monoisotopic (exact) mass is 423 g/mol. The summed E-state index contributed by atoms with van der Waals surface area (Å²) in [5.74, 6) is -0.0583. The van der Waals surface area contributed by atoms with Gasteiger partial charge in [-0.2, -0.15) is 5.26 Å². The summed E-state index contributed by atoms with van der Waals surface area (Å²) in [5, 5.41) is 10.8. The molecular formula is C23H25N3O3S. The van der Waals surface area contributed by atoms with E-state index in [1.54, 1.807) is 18.2 Å². The molecule has 30 heavy (non-hydrogen) atoms. The molecule has 0 radical (unpaired) electrons. The summed E-state index contributed by atoms with van der Waals surface area (Å²) in [5.41, 5.74) is 1.68. The largest absolute Gasteiger partial charge is 0.370 e. The molecule has 0 N–H and O–H groups in total. The van der Waals surface area contributed by atoms with Crippen molar-refractivity contribution in [2.24, 2.45) is 0 Å². The lowest BCUT2D eigenvalue weighted by atomic mass is 10.1. The maximum atomic E-state index is 12.6. The van der Waals surface area contributed by atoms with Crippen LogP contribution in [0.2, 0.25) is 0 Å². The zero-order valence-corrected chi connectivity index (χ0v) is 17.7. The molecule has 1 saturated heterocycles. The summed E-state index contributed by atoms with van der Waals surface area (Å²) in [4.78, 5) is 41.4. The maximum Gasteiger partial charge on any atom is 0.223 e. The van der Waals surface area contributed by atoms with Crippen LogP contribution in [-0.2, 0) is 9.59 Å². The average molecular weight is 424 g/mol. The molecule has 1 aromatic heterocycles. The minimum absolute atomic E-state index is 0.00499. The van der Waals surface area contributed by atoms with Gasteiger partial charge in [-0.1, -0.05) is 6.07 Å². The summed E-state index contributed by atoms with van der Waals surface area (Å²) in [7, 11) is 0. The van der Waals surface area contributed by atoms with Crippen molar-refractivity contribution in [3.8, 4) is 6.07 Å². The first-order chi connectivity index (χ1) is 14.6. The van der Waals surface area contributed by atoms with Gasteiger partial charge < -0.3 is 9.80 Å². The maximum absolute atomic E-state index is 12.6. The zero-order chi connectivity index (χ0) is 21.3. The van der Waals surface area contributed by atoms with E-state index in [0.717, 1.165) is 25.2 Å². The van der Waals surface area contributed by atoms with Gasteiger partial charge in [0.25, 0.3) is 0 Å². The van der Waals surface area contributed by atoms with Crippen molar-refractivity contribution in [1.82, 2.24) is 4.90 Å². The Bertz CT molecular complexity index is 916. The lowest BCUT2D eigenvalue weighted by Gasteiger charge is -2.23. The van der Waals surface area contributed by atoms with E-state index < -0.39 is 0 Å². The Labute approximate surface area is 180 Å². The van der Waals surface area contributed by atoms with Crippen molar-refractivity contribution in [3.05, 3.63) is 52.2 Å². The van der Waals surface area contributed by atoms with Crippen molar-refractivity contribution >= 4 is 34.5 Å². The molecule has 1 aromatic carbocycles. The van der Waals surface area contributed by atoms with Crippen LogP contribution in [0.4, 0.5) is 5.69 Å². The molecule has 3 rings (SSSR count). The molecule has 2 aromatic rings. The topological polar surface area (TPSA) is 81.5 Å². The van der Waals surface area contributed by atoms with E-state index in [4.69, 9.17) is 5.26 Å². The second-order valence-corrected chi connectivity index (χ2v) is 8.27. The number of carbonyl (C=O) groups is 3. The first kappa shape index (κ1) is 21.7. The molecule has 7 heteroatoms. The third-order valence-electron chi connectivity index (χ3n) is 5.25. The molecule has 0 bridgehead atoms. The van der Waals surface area contributed by atoms with E-state index >= 15 is 0 Å². The SMILES string of the molecule is N#Cc1ccc(N2CCCN(C(=O)CCC(=O)CCC(=O)c3cccs3)CC2)cc1. The molecule has 1 fully saturated rings. The number of nitrogens with zero attached hydrogens (tertiary/aromatic N) is 3. The Balaban J connectivity index is 1.41. The van der Waals surface area contributed by atoms with E-state index in [9.17, 15) is 14.4 Å². The number of Topliss-reactive ketones (excluding diaryl/α,β-unsaturated/α-hetero) is 2. The predicted molar refractivity (Wildman–Crippen MR) is 117 cm³/mol. The third-order valence-corrected chi connectivity index (χ3v) is 6.17. The summed E-state index contributed by atoms with van der Waals surface area (Å²) in [6.07, 6.45) is 1.64. The van der Waals surface area contributed by atoms with Gasteiger partial charge in [0.1, 0.15) is 5.78 Å². The smallest absolute Gasteiger partial charge is 0.223 e. The number of hydrogen-bond acceptors (Lipinski definition) is 6. The number of ketones is 2. The Morgan fingerprint density at radius 3 is 2.40 bits per heavy atom. The van der Waals surface area contributed by atoms with Gasteiger partial charge in [-0.05, 0) is 42.1 Å². The van der Waals surface area contributed by atoms with Gasteiger partial charge in [0.2, 0.25) is 5.91 Å². The Morgan fingerprint density at radius 2 is 1.70 bits per heavy atom. The molecule has 0 atom stereocenters. The van der Waals surface area contributed by atoms with Crippen LogP contribution in [0, 0.1) is 11.3 Å². The highest BCUT2D eigenvalue weighted by atomic mass is 32.1. The van der Waals surface area contributed by atoms with Crippen LogP contribution in [-0.4, -0.2) is 48.6 Å². The minimum atomic E-state index is -0.0395. The number of hydrogen-bond donors (Lipinski definition) is 0. The highest BCUT2D eigenvalue weighted by Gasteiger charge is 2.20. The van der Waals surface area contributed by atoms with Crippen LogP contribution in [0.15, 0.2) is 41.8 Å². The molecule has 156 valence electrons. The van der Waals surface area contributed by atoms with Crippen molar-refractivity contribution in [1.29, 1.82) is 5.26 Å². The predicted octanol–water partition coefficient (Wildman–Crippen LogP) is 3.67. The highest BCUT2D eigenvalue weighted by Crippen LogP contribution is 2.18. The van der Waals surface area contributed by atoms with Crippen molar-refractivity contribution < 1.29 is 14.4 Å². The second kappa shape index (κ2) is 10.7. The number of benzene rings is 1. The Morgan fingerprint density at radius 1 is 0.933 bits per heavy atom. The van der Waals surface area contributed by atoms with Crippen LogP contribution in [0.1, 0.15) is 47.3 Å². The minimum Gasteiger partial charge on any atom is -0.370 e. The van der Waals surface area contributed by atoms with E-state index in [1.807, 2.05) is 28.5 Å².